The zero-order valence-electron chi connectivity index (χ0n) is 15.7. The lowest BCUT2D eigenvalue weighted by Crippen LogP contribution is -2.48. The minimum Gasteiger partial charge on any atom is -0.438 e. The molecule has 5 rings (SSSR count). The second kappa shape index (κ2) is 6.15. The van der Waals surface area contributed by atoms with Crippen LogP contribution in [0.15, 0.2) is 60.0 Å². The molecule has 0 bridgehead atoms. The molecule has 3 atom stereocenters. The number of nitro benzene ring substituents is 1. The third-order valence-corrected chi connectivity index (χ3v) is 5.85. The summed E-state index contributed by atoms with van der Waals surface area (Å²) < 4.78 is 5.95. The molecule has 148 valence electrons. The van der Waals surface area contributed by atoms with E-state index in [4.69, 9.17) is 4.74 Å². The Labute approximate surface area is 170 Å². The van der Waals surface area contributed by atoms with E-state index in [1.807, 2.05) is 0 Å². The lowest BCUT2D eigenvalue weighted by Gasteiger charge is -2.37. The van der Waals surface area contributed by atoms with E-state index in [0.29, 0.717) is 17.0 Å². The van der Waals surface area contributed by atoms with Crippen LogP contribution in [0.4, 0.5) is 11.4 Å². The summed E-state index contributed by atoms with van der Waals surface area (Å²) in [5.41, 5.74) is 1.26. The summed E-state index contributed by atoms with van der Waals surface area (Å²) in [5.74, 6) is -1.67. The highest BCUT2D eigenvalue weighted by Gasteiger charge is 2.59. The molecule has 0 spiro atoms. The van der Waals surface area contributed by atoms with Gasteiger partial charge in [-0.05, 0) is 17.7 Å². The molecule has 2 aromatic rings. The summed E-state index contributed by atoms with van der Waals surface area (Å²) in [5, 5.41) is 21.0. The SMILES string of the molecule is CN1C(=O)[C@H]2[C@@H](C1=O)N1C(=C(C#N)[C@H]2c2ccc([N+](=O)[O-])cc2)Oc2ccccc21. The maximum Gasteiger partial charge on any atom is 0.269 e. The van der Waals surface area contributed by atoms with E-state index in [1.165, 1.54) is 31.3 Å². The number of ether oxygens (including phenoxy) is 1. The number of allylic oxidation sites excluding steroid dienone is 1. The van der Waals surface area contributed by atoms with Gasteiger partial charge in [0.15, 0.2) is 5.75 Å². The van der Waals surface area contributed by atoms with E-state index in [-0.39, 0.29) is 23.1 Å². The second-order valence-corrected chi connectivity index (χ2v) is 7.30. The zero-order chi connectivity index (χ0) is 21.2. The zero-order valence-corrected chi connectivity index (χ0v) is 15.7. The third-order valence-electron chi connectivity index (χ3n) is 5.85. The summed E-state index contributed by atoms with van der Waals surface area (Å²) in [7, 11) is 1.42. The van der Waals surface area contributed by atoms with Gasteiger partial charge < -0.3 is 4.74 Å². The third kappa shape index (κ3) is 2.21. The predicted molar refractivity (Wildman–Crippen MR) is 103 cm³/mol. The van der Waals surface area contributed by atoms with Crippen LogP contribution in [0.5, 0.6) is 5.75 Å². The van der Waals surface area contributed by atoms with Crippen molar-refractivity contribution >= 4 is 23.2 Å². The largest absolute Gasteiger partial charge is 0.438 e. The van der Waals surface area contributed by atoms with Gasteiger partial charge in [-0.15, -0.1) is 0 Å². The molecule has 9 nitrogen and oxygen atoms in total. The number of rotatable bonds is 2. The van der Waals surface area contributed by atoms with Crippen molar-refractivity contribution in [2.75, 3.05) is 11.9 Å². The maximum atomic E-state index is 13.1. The van der Waals surface area contributed by atoms with Crippen molar-refractivity contribution in [1.29, 1.82) is 5.26 Å². The highest BCUT2D eigenvalue weighted by atomic mass is 16.6. The van der Waals surface area contributed by atoms with Crippen LogP contribution in [-0.4, -0.2) is 34.7 Å². The van der Waals surface area contributed by atoms with Crippen molar-refractivity contribution in [3.8, 4) is 11.8 Å². The topological polar surface area (TPSA) is 117 Å². The van der Waals surface area contributed by atoms with Crippen molar-refractivity contribution in [2.24, 2.45) is 5.92 Å². The van der Waals surface area contributed by atoms with Crippen molar-refractivity contribution in [2.45, 2.75) is 12.0 Å². The van der Waals surface area contributed by atoms with Gasteiger partial charge >= 0.3 is 0 Å². The number of likely N-dealkylation sites (tertiary alicyclic amines) is 1. The lowest BCUT2D eigenvalue weighted by molar-refractivity contribution is -0.384. The molecule has 9 heteroatoms. The molecule has 2 amide bonds. The lowest BCUT2D eigenvalue weighted by atomic mass is 9.75. The smallest absolute Gasteiger partial charge is 0.269 e. The number of non-ortho nitro benzene ring substituents is 1. The summed E-state index contributed by atoms with van der Waals surface area (Å²) in [6, 6.07) is 14.1. The number of imide groups is 1. The van der Waals surface area contributed by atoms with Crippen molar-refractivity contribution in [1.82, 2.24) is 4.90 Å². The van der Waals surface area contributed by atoms with Crippen LogP contribution in [0.3, 0.4) is 0 Å². The number of nitrogens with zero attached hydrogens (tertiary/aromatic N) is 4. The summed E-state index contributed by atoms with van der Waals surface area (Å²) in [6.45, 7) is 0. The first-order chi connectivity index (χ1) is 14.4. The minimum atomic E-state index is -0.863. The molecular weight excluding hydrogens is 388 g/mol. The van der Waals surface area contributed by atoms with Gasteiger partial charge in [0.1, 0.15) is 12.1 Å². The van der Waals surface area contributed by atoms with Gasteiger partial charge in [0.05, 0.1) is 22.1 Å². The number of nitriles is 1. The van der Waals surface area contributed by atoms with Gasteiger partial charge in [-0.1, -0.05) is 24.3 Å². The van der Waals surface area contributed by atoms with Crippen molar-refractivity contribution in [3.63, 3.8) is 0 Å². The fourth-order valence-corrected chi connectivity index (χ4v) is 4.49. The number of para-hydroxylation sites is 2. The summed E-state index contributed by atoms with van der Waals surface area (Å²) >= 11 is 0. The molecule has 0 N–H and O–H groups in total. The molecule has 1 fully saturated rings. The number of fused-ring (bicyclic) bond motifs is 5. The number of hydrogen-bond acceptors (Lipinski definition) is 7. The number of carbonyl (C=O) groups excluding carboxylic acids is 2. The molecule has 0 unspecified atom stereocenters. The molecule has 30 heavy (non-hydrogen) atoms. The number of nitro groups is 1. The van der Waals surface area contributed by atoms with Gasteiger partial charge in [-0.3, -0.25) is 29.5 Å². The molecule has 3 heterocycles. The Kier molecular flexibility index (Phi) is 3.67. The van der Waals surface area contributed by atoms with Crippen LogP contribution < -0.4 is 9.64 Å². The van der Waals surface area contributed by atoms with Crippen LogP contribution in [-0.2, 0) is 9.59 Å². The second-order valence-electron chi connectivity index (χ2n) is 7.30. The van der Waals surface area contributed by atoms with Gasteiger partial charge in [0, 0.05) is 25.1 Å². The Hall–Kier alpha value is -4.19. The van der Waals surface area contributed by atoms with Crippen LogP contribution >= 0.6 is 0 Å². The quantitative estimate of drug-likeness (QED) is 0.430. The number of hydrogen-bond donors (Lipinski definition) is 0. The fraction of sp³-hybridized carbons (Fsp3) is 0.190. The van der Waals surface area contributed by atoms with E-state index >= 15 is 0 Å². The van der Waals surface area contributed by atoms with E-state index < -0.39 is 28.7 Å². The van der Waals surface area contributed by atoms with Crippen molar-refractivity contribution in [3.05, 3.63) is 75.7 Å². The van der Waals surface area contributed by atoms with Gasteiger partial charge in [0.25, 0.3) is 11.6 Å². The fourth-order valence-electron chi connectivity index (χ4n) is 4.49. The highest BCUT2D eigenvalue weighted by molar-refractivity contribution is 6.10. The molecular formula is C21H14N4O5. The summed E-state index contributed by atoms with van der Waals surface area (Å²) in [4.78, 5) is 39.3. The maximum absolute atomic E-state index is 13.1. The molecule has 0 aliphatic carbocycles. The molecule has 0 aromatic heterocycles. The Bertz CT molecular complexity index is 1200. The van der Waals surface area contributed by atoms with Crippen molar-refractivity contribution < 1.29 is 19.2 Å². The first kappa shape index (κ1) is 17.9. The van der Waals surface area contributed by atoms with E-state index in [0.717, 1.165) is 4.90 Å². The minimum absolute atomic E-state index is 0.102. The van der Waals surface area contributed by atoms with Crippen LogP contribution in [0.2, 0.25) is 0 Å². The van der Waals surface area contributed by atoms with E-state index in [1.54, 1.807) is 29.2 Å². The monoisotopic (exact) mass is 402 g/mol. The molecule has 2 aromatic carbocycles. The average Bonchev–Trinajstić information content (AvgIpc) is 3.24. The first-order valence-electron chi connectivity index (χ1n) is 9.20. The predicted octanol–water partition coefficient (Wildman–Crippen LogP) is 2.31. The standard InChI is InChI=1S/C21H14N4O5/c1-23-19(26)17-16(11-6-8-12(9-7-11)25(28)29)13(10-22)21-24(18(17)20(23)27)14-4-2-3-5-15(14)30-21/h2-9,16-18H,1H3/t16-,17-,18+/m1/s1. The number of likely N-dealkylation sites (N-methyl/N-ethyl adjacent to an activating group) is 1. The summed E-state index contributed by atoms with van der Waals surface area (Å²) in [6.07, 6.45) is 0. The number of amides is 2. The number of carbonyl (C=O) groups is 2. The van der Waals surface area contributed by atoms with Gasteiger partial charge in [-0.25, -0.2) is 0 Å². The average molecular weight is 402 g/mol. The normalized spacial score (nSPS) is 24.2. The van der Waals surface area contributed by atoms with Gasteiger partial charge in [0.2, 0.25) is 11.8 Å². The van der Waals surface area contributed by atoms with Crippen LogP contribution in [0, 0.1) is 27.4 Å². The Balaban J connectivity index is 1.74. The number of anilines is 1. The Morgan fingerprint density at radius 3 is 2.47 bits per heavy atom. The first-order valence-corrected chi connectivity index (χ1v) is 9.20. The Morgan fingerprint density at radius 2 is 1.80 bits per heavy atom. The Morgan fingerprint density at radius 1 is 1.10 bits per heavy atom. The van der Waals surface area contributed by atoms with E-state index in [9.17, 15) is 25.0 Å². The molecule has 0 saturated carbocycles. The molecule has 1 saturated heterocycles. The van der Waals surface area contributed by atoms with Gasteiger partial charge in [-0.2, -0.15) is 5.26 Å². The highest BCUT2D eigenvalue weighted by Crippen LogP contribution is 2.53. The molecule has 0 radical (unpaired) electrons. The number of benzene rings is 2. The van der Waals surface area contributed by atoms with E-state index in [2.05, 4.69) is 6.07 Å². The van der Waals surface area contributed by atoms with Crippen LogP contribution in [0.1, 0.15) is 11.5 Å². The molecule has 3 aliphatic rings. The van der Waals surface area contributed by atoms with Crippen LogP contribution in [0.25, 0.3) is 0 Å². The molecule has 3 aliphatic heterocycles.